The molecule has 0 bridgehead atoms. The van der Waals surface area contributed by atoms with Crippen molar-refractivity contribution >= 4 is 40.2 Å². The van der Waals surface area contributed by atoms with Crippen LogP contribution in [0.25, 0.3) is 0 Å². The Morgan fingerprint density at radius 3 is 2.50 bits per heavy atom. The van der Waals surface area contributed by atoms with Gasteiger partial charge in [-0.2, -0.15) is 0 Å². The minimum atomic E-state index is -0.774. The summed E-state index contributed by atoms with van der Waals surface area (Å²) in [6, 6.07) is 0. The smallest absolute Gasteiger partial charge is 0.303 e. The number of hydrogen-bond acceptors (Lipinski definition) is 7. The van der Waals surface area contributed by atoms with Gasteiger partial charge in [0, 0.05) is 33.5 Å². The van der Waals surface area contributed by atoms with Crippen LogP contribution in [0.2, 0.25) is 0 Å². The lowest BCUT2D eigenvalue weighted by molar-refractivity contribution is -0.157. The fourth-order valence-electron chi connectivity index (χ4n) is 2.06. The molecule has 1 aliphatic heterocycles. The van der Waals surface area contributed by atoms with E-state index in [0.29, 0.717) is 6.41 Å². The molecule has 0 aromatic heterocycles. The number of rotatable bonds is 7. The normalized spacial score (nSPS) is 23.3. The van der Waals surface area contributed by atoms with E-state index in [-0.39, 0.29) is 17.5 Å². The van der Waals surface area contributed by atoms with Crippen LogP contribution in [-0.4, -0.2) is 61.2 Å². The largest absolute Gasteiger partial charge is 0.463 e. The van der Waals surface area contributed by atoms with E-state index in [2.05, 4.69) is 21.2 Å². The second-order valence-corrected chi connectivity index (χ2v) is 5.78. The number of nitrogens with zero attached hydrogens (tertiary/aromatic N) is 1. The van der Waals surface area contributed by atoms with Crippen LogP contribution in [-0.2, 0) is 33.4 Å². The first-order chi connectivity index (χ1) is 11.3. The minimum Gasteiger partial charge on any atom is -0.463 e. The zero-order valence-corrected chi connectivity index (χ0v) is 15.1. The molecule has 134 valence electrons. The molecule has 0 aromatic carbocycles. The summed E-state index contributed by atoms with van der Waals surface area (Å²) in [5.41, 5.74) is 0. The Kier molecular flexibility index (Phi) is 7.86. The highest BCUT2D eigenvalue weighted by Crippen LogP contribution is 2.27. The number of esters is 2. The van der Waals surface area contributed by atoms with Gasteiger partial charge in [-0.15, -0.1) is 0 Å². The van der Waals surface area contributed by atoms with Crippen molar-refractivity contribution in [3.63, 3.8) is 0 Å². The fraction of sp³-hybridized carbons (Fsp3) is 0.571. The first kappa shape index (κ1) is 20.1. The lowest BCUT2D eigenvalue weighted by Gasteiger charge is -2.21. The number of ether oxygens (including phenoxy) is 3. The number of carbonyl (C=O) groups excluding carboxylic acids is 4. The van der Waals surface area contributed by atoms with E-state index in [1.54, 1.807) is 0 Å². The molecular formula is C14H19BrN2O7. The van der Waals surface area contributed by atoms with Crippen LogP contribution in [0.3, 0.4) is 0 Å². The van der Waals surface area contributed by atoms with Crippen molar-refractivity contribution in [3.05, 3.63) is 10.7 Å². The summed E-state index contributed by atoms with van der Waals surface area (Å²) in [7, 11) is 1.45. The van der Waals surface area contributed by atoms with Crippen LogP contribution in [0, 0.1) is 0 Å². The predicted molar refractivity (Wildman–Crippen MR) is 84.4 cm³/mol. The highest BCUT2D eigenvalue weighted by molar-refractivity contribution is 9.12. The van der Waals surface area contributed by atoms with Gasteiger partial charge in [-0.1, -0.05) is 0 Å². The molecule has 0 aliphatic carbocycles. The maximum absolute atomic E-state index is 11.5. The van der Waals surface area contributed by atoms with E-state index in [4.69, 9.17) is 14.2 Å². The average Bonchev–Trinajstić information content (AvgIpc) is 2.91. The number of carbonyl (C=O) groups is 4. The zero-order valence-electron chi connectivity index (χ0n) is 13.5. The molecule has 0 spiro atoms. The molecule has 1 fully saturated rings. The van der Waals surface area contributed by atoms with Crippen molar-refractivity contribution in [1.29, 1.82) is 0 Å². The van der Waals surface area contributed by atoms with Crippen LogP contribution < -0.4 is 5.32 Å². The quantitative estimate of drug-likeness (QED) is 0.360. The SMILES string of the molecule is CNC(=O)/C(Br)=C\N(C=O)C1CC(OC(C)=O)C(COC(C)=O)O1. The van der Waals surface area contributed by atoms with Gasteiger partial charge in [0.05, 0.1) is 4.48 Å². The predicted octanol–water partition coefficient (Wildman–Crippen LogP) is 0.0369. The van der Waals surface area contributed by atoms with Crippen molar-refractivity contribution in [2.75, 3.05) is 13.7 Å². The van der Waals surface area contributed by atoms with Crippen molar-refractivity contribution in [2.24, 2.45) is 0 Å². The van der Waals surface area contributed by atoms with Crippen molar-refractivity contribution in [2.45, 2.75) is 38.7 Å². The maximum atomic E-state index is 11.5. The third-order valence-corrected chi connectivity index (χ3v) is 3.67. The molecule has 10 heteroatoms. The molecule has 3 unspecified atom stereocenters. The second kappa shape index (κ2) is 9.38. The molecule has 9 nitrogen and oxygen atoms in total. The number of halogens is 1. The molecule has 1 saturated heterocycles. The van der Waals surface area contributed by atoms with E-state index in [1.807, 2.05) is 0 Å². The van der Waals surface area contributed by atoms with Crippen LogP contribution in [0.1, 0.15) is 20.3 Å². The Balaban J connectivity index is 2.86. The number of likely N-dealkylation sites (N-methyl/N-ethyl adjacent to an activating group) is 1. The molecule has 0 aromatic rings. The monoisotopic (exact) mass is 406 g/mol. The topological polar surface area (TPSA) is 111 Å². The summed E-state index contributed by atoms with van der Waals surface area (Å²) in [6.45, 7) is 2.38. The van der Waals surface area contributed by atoms with Gasteiger partial charge < -0.3 is 19.5 Å². The number of nitrogens with one attached hydrogen (secondary N) is 1. The third-order valence-electron chi connectivity index (χ3n) is 3.11. The summed E-state index contributed by atoms with van der Waals surface area (Å²) in [5, 5.41) is 2.40. The molecule has 1 N–H and O–H groups in total. The first-order valence-electron chi connectivity index (χ1n) is 7.06. The maximum Gasteiger partial charge on any atom is 0.303 e. The summed E-state index contributed by atoms with van der Waals surface area (Å²) < 4.78 is 15.8. The van der Waals surface area contributed by atoms with Gasteiger partial charge >= 0.3 is 11.9 Å². The first-order valence-corrected chi connectivity index (χ1v) is 7.86. The standard InChI is InChI=1S/C14H19BrN2O7/c1-8(19)22-6-12-11(23-9(2)20)4-13(24-12)17(7-18)5-10(15)14(21)16-3/h5,7,11-13H,4,6H2,1-3H3,(H,16,21)/b10-5+. The van der Waals surface area contributed by atoms with Crippen LogP contribution >= 0.6 is 15.9 Å². The fourth-order valence-corrected chi connectivity index (χ4v) is 2.50. The van der Waals surface area contributed by atoms with Gasteiger partial charge in [0.15, 0.2) is 0 Å². The molecule has 1 aliphatic rings. The molecular weight excluding hydrogens is 388 g/mol. The van der Waals surface area contributed by atoms with E-state index < -0.39 is 36.3 Å². The summed E-state index contributed by atoms with van der Waals surface area (Å²) >= 11 is 3.05. The number of hydrogen-bond donors (Lipinski definition) is 1. The van der Waals surface area contributed by atoms with Crippen LogP contribution in [0.5, 0.6) is 0 Å². The lowest BCUT2D eigenvalue weighted by Crippen LogP contribution is -2.32. The van der Waals surface area contributed by atoms with Gasteiger partial charge in [0.2, 0.25) is 6.41 Å². The van der Waals surface area contributed by atoms with Gasteiger partial charge in [-0.25, -0.2) is 0 Å². The molecule has 2 amide bonds. The molecule has 0 radical (unpaired) electrons. The Bertz CT molecular complexity index is 537. The zero-order chi connectivity index (χ0) is 18.3. The Morgan fingerprint density at radius 2 is 2.00 bits per heavy atom. The van der Waals surface area contributed by atoms with Crippen molar-refractivity contribution < 1.29 is 33.4 Å². The van der Waals surface area contributed by atoms with Crippen molar-refractivity contribution in [3.8, 4) is 0 Å². The molecule has 0 saturated carbocycles. The highest BCUT2D eigenvalue weighted by atomic mass is 79.9. The molecule has 3 atom stereocenters. The summed E-state index contributed by atoms with van der Waals surface area (Å²) in [4.78, 5) is 46.1. The minimum absolute atomic E-state index is 0.114. The van der Waals surface area contributed by atoms with E-state index in [9.17, 15) is 19.2 Å². The number of amides is 2. The summed E-state index contributed by atoms with van der Waals surface area (Å²) in [6.07, 6.45) is -0.249. The van der Waals surface area contributed by atoms with Crippen LogP contribution in [0.15, 0.2) is 10.7 Å². The highest BCUT2D eigenvalue weighted by Gasteiger charge is 2.40. The Morgan fingerprint density at radius 1 is 1.33 bits per heavy atom. The van der Waals surface area contributed by atoms with Gasteiger partial charge in [0.1, 0.15) is 25.0 Å². The third kappa shape index (κ3) is 5.93. The van der Waals surface area contributed by atoms with Crippen LogP contribution in [0.4, 0.5) is 0 Å². The summed E-state index contributed by atoms with van der Waals surface area (Å²) in [5.74, 6) is -1.44. The van der Waals surface area contributed by atoms with Gasteiger partial charge in [0.25, 0.3) is 5.91 Å². The van der Waals surface area contributed by atoms with E-state index >= 15 is 0 Å². The molecule has 24 heavy (non-hydrogen) atoms. The molecule has 1 rings (SSSR count). The van der Waals surface area contributed by atoms with Gasteiger partial charge in [-0.3, -0.25) is 24.1 Å². The average molecular weight is 407 g/mol. The Labute approximate surface area is 147 Å². The van der Waals surface area contributed by atoms with E-state index in [0.717, 1.165) is 4.90 Å². The van der Waals surface area contributed by atoms with Crippen molar-refractivity contribution in [1.82, 2.24) is 10.2 Å². The Hall–Kier alpha value is -1.94. The second-order valence-electron chi connectivity index (χ2n) is 4.92. The lowest BCUT2D eigenvalue weighted by atomic mass is 10.2. The van der Waals surface area contributed by atoms with E-state index in [1.165, 1.54) is 27.1 Å². The van der Waals surface area contributed by atoms with Gasteiger partial charge in [-0.05, 0) is 15.9 Å². The molecule has 1 heterocycles.